The van der Waals surface area contributed by atoms with E-state index in [1.165, 1.54) is 17.0 Å². The van der Waals surface area contributed by atoms with Crippen molar-refractivity contribution in [3.05, 3.63) is 52.5 Å². The van der Waals surface area contributed by atoms with Crippen LogP contribution in [0.4, 0.5) is 4.39 Å². The number of thiophene rings is 1. The highest BCUT2D eigenvalue weighted by atomic mass is 32.2. The van der Waals surface area contributed by atoms with Crippen LogP contribution in [0, 0.1) is 5.82 Å². The van der Waals surface area contributed by atoms with Gasteiger partial charge in [0.1, 0.15) is 5.82 Å². The van der Waals surface area contributed by atoms with Crippen LogP contribution in [0.3, 0.4) is 0 Å². The van der Waals surface area contributed by atoms with Crippen molar-refractivity contribution >= 4 is 21.4 Å². The molecule has 0 saturated heterocycles. The van der Waals surface area contributed by atoms with Crippen LogP contribution in [0.15, 0.2) is 46.7 Å². The number of benzene rings is 1. The van der Waals surface area contributed by atoms with Crippen LogP contribution in [0.2, 0.25) is 0 Å². The first-order valence-electron chi connectivity index (χ1n) is 5.87. The molecule has 1 aromatic carbocycles. The van der Waals surface area contributed by atoms with Gasteiger partial charge in [0.05, 0.1) is 4.90 Å². The summed E-state index contributed by atoms with van der Waals surface area (Å²) < 4.78 is 39.6. The first kappa shape index (κ1) is 12.8. The minimum absolute atomic E-state index is 0.0475. The average molecular weight is 297 g/mol. The number of halogens is 1. The Morgan fingerprint density at radius 2 is 1.95 bits per heavy atom. The zero-order chi connectivity index (χ0) is 13.5. The molecule has 1 aromatic heterocycles. The van der Waals surface area contributed by atoms with Crippen LogP contribution in [-0.4, -0.2) is 14.5 Å². The van der Waals surface area contributed by atoms with Crippen LogP contribution in [0.5, 0.6) is 0 Å². The summed E-state index contributed by atoms with van der Waals surface area (Å²) >= 11 is 1.64. The lowest BCUT2D eigenvalue weighted by molar-refractivity contribution is 0.579. The number of hydrogen-bond acceptors (Lipinski definition) is 3. The molecule has 2 aromatic rings. The van der Waals surface area contributed by atoms with Crippen molar-refractivity contribution in [2.24, 2.45) is 0 Å². The van der Waals surface area contributed by atoms with Crippen molar-refractivity contribution in [3.63, 3.8) is 0 Å². The van der Waals surface area contributed by atoms with Gasteiger partial charge in [0.2, 0.25) is 10.0 Å². The maximum atomic E-state index is 12.8. The van der Waals surface area contributed by atoms with Crippen LogP contribution >= 0.6 is 11.3 Å². The third-order valence-electron chi connectivity index (χ3n) is 3.13. The second-order valence-electron chi connectivity index (χ2n) is 4.54. The first-order chi connectivity index (χ1) is 9.06. The Hall–Kier alpha value is -1.24. The van der Waals surface area contributed by atoms with E-state index >= 15 is 0 Å². The van der Waals surface area contributed by atoms with Crippen molar-refractivity contribution in [3.8, 4) is 0 Å². The number of nitrogens with one attached hydrogen (secondary N) is 1. The number of hydrogen-bond donors (Lipinski definition) is 1. The molecule has 0 amide bonds. The minimum atomic E-state index is -3.55. The summed E-state index contributed by atoms with van der Waals surface area (Å²) in [5, 5.41) is 1.99. The second kappa shape index (κ2) is 4.70. The second-order valence-corrected chi connectivity index (χ2v) is 7.23. The zero-order valence-electron chi connectivity index (χ0n) is 9.91. The smallest absolute Gasteiger partial charge is 0.207 e. The normalized spacial score (nSPS) is 22.4. The topological polar surface area (TPSA) is 46.2 Å². The molecule has 100 valence electrons. The van der Waals surface area contributed by atoms with Crippen LogP contribution in [0.1, 0.15) is 17.2 Å². The summed E-state index contributed by atoms with van der Waals surface area (Å²) in [6, 6.07) is 8.79. The summed E-state index contributed by atoms with van der Waals surface area (Å²) in [4.78, 5) is 1.30. The molecule has 19 heavy (non-hydrogen) atoms. The molecule has 2 atom stereocenters. The maximum absolute atomic E-state index is 12.8. The molecule has 0 bridgehead atoms. The Morgan fingerprint density at radius 1 is 1.21 bits per heavy atom. The third kappa shape index (κ3) is 2.70. The van der Waals surface area contributed by atoms with Crippen molar-refractivity contribution in [2.75, 3.05) is 0 Å². The minimum Gasteiger partial charge on any atom is -0.207 e. The Labute approximate surface area is 115 Å². The molecule has 0 aliphatic heterocycles. The highest BCUT2D eigenvalue weighted by Gasteiger charge is 2.41. The van der Waals surface area contributed by atoms with E-state index in [0.29, 0.717) is 0 Å². The Balaban J connectivity index is 1.72. The SMILES string of the molecule is O=S(=O)(NC1CC1c1cccs1)c1ccc(F)cc1. The van der Waals surface area contributed by atoms with Gasteiger partial charge in [-0.15, -0.1) is 11.3 Å². The fourth-order valence-corrected chi connectivity index (χ4v) is 4.22. The number of rotatable bonds is 4. The molecule has 6 heteroatoms. The molecule has 1 heterocycles. The van der Waals surface area contributed by atoms with Gasteiger partial charge in [0, 0.05) is 16.8 Å². The highest BCUT2D eigenvalue weighted by Crippen LogP contribution is 2.43. The van der Waals surface area contributed by atoms with Gasteiger partial charge in [0.15, 0.2) is 0 Å². The molecule has 3 rings (SSSR count). The zero-order valence-corrected chi connectivity index (χ0v) is 11.5. The molecule has 2 unspecified atom stereocenters. The van der Waals surface area contributed by atoms with Gasteiger partial charge < -0.3 is 0 Å². The van der Waals surface area contributed by atoms with Gasteiger partial charge in [-0.1, -0.05) is 6.07 Å². The molecule has 0 radical (unpaired) electrons. The van der Waals surface area contributed by atoms with E-state index in [2.05, 4.69) is 4.72 Å². The van der Waals surface area contributed by atoms with E-state index in [9.17, 15) is 12.8 Å². The van der Waals surface area contributed by atoms with E-state index in [0.717, 1.165) is 18.6 Å². The Morgan fingerprint density at radius 3 is 2.58 bits per heavy atom. The summed E-state index contributed by atoms with van der Waals surface area (Å²) in [6.45, 7) is 0. The van der Waals surface area contributed by atoms with Crippen LogP contribution in [0.25, 0.3) is 0 Å². The maximum Gasteiger partial charge on any atom is 0.240 e. The Kier molecular flexibility index (Phi) is 3.16. The van der Waals surface area contributed by atoms with Gasteiger partial charge in [-0.05, 0) is 42.1 Å². The molecule has 3 nitrogen and oxygen atoms in total. The summed E-state index contributed by atoms with van der Waals surface area (Å²) in [6.07, 6.45) is 0.820. The summed E-state index contributed by atoms with van der Waals surface area (Å²) in [7, 11) is -3.55. The standard InChI is InChI=1S/C13H12FNO2S2/c14-9-3-5-10(6-4-9)19(16,17)15-12-8-11(12)13-2-1-7-18-13/h1-7,11-12,15H,8H2. The van der Waals surface area contributed by atoms with Crippen LogP contribution < -0.4 is 4.72 Å². The lowest BCUT2D eigenvalue weighted by Crippen LogP contribution is -2.26. The van der Waals surface area contributed by atoms with Gasteiger partial charge in [-0.25, -0.2) is 17.5 Å². The van der Waals surface area contributed by atoms with Crippen molar-refractivity contribution < 1.29 is 12.8 Å². The van der Waals surface area contributed by atoms with E-state index < -0.39 is 15.8 Å². The lowest BCUT2D eigenvalue weighted by Gasteiger charge is -2.05. The molecule has 1 aliphatic rings. The summed E-state index contributed by atoms with van der Waals surface area (Å²) in [5.74, 6) is -0.169. The average Bonchev–Trinajstić information content (AvgIpc) is 2.91. The highest BCUT2D eigenvalue weighted by molar-refractivity contribution is 7.89. The molecular weight excluding hydrogens is 285 g/mol. The quantitative estimate of drug-likeness (QED) is 0.943. The lowest BCUT2D eigenvalue weighted by atomic mass is 10.3. The first-order valence-corrected chi connectivity index (χ1v) is 8.24. The van der Waals surface area contributed by atoms with E-state index in [-0.39, 0.29) is 16.9 Å². The largest absolute Gasteiger partial charge is 0.240 e. The van der Waals surface area contributed by atoms with Crippen molar-refractivity contribution in [1.29, 1.82) is 0 Å². The molecule has 1 aliphatic carbocycles. The monoisotopic (exact) mass is 297 g/mol. The molecule has 1 N–H and O–H groups in total. The summed E-state index contributed by atoms with van der Waals surface area (Å²) in [5.41, 5.74) is 0. The third-order valence-corrected chi connectivity index (χ3v) is 5.64. The Bertz CT molecular complexity index is 665. The van der Waals surface area contributed by atoms with E-state index in [1.54, 1.807) is 11.3 Å². The van der Waals surface area contributed by atoms with Gasteiger partial charge in [-0.2, -0.15) is 0 Å². The fraction of sp³-hybridized carbons (Fsp3) is 0.231. The number of sulfonamides is 1. The molecule has 1 fully saturated rings. The van der Waals surface area contributed by atoms with Gasteiger partial charge >= 0.3 is 0 Å². The predicted octanol–water partition coefficient (Wildman–Crippen LogP) is 2.72. The van der Waals surface area contributed by atoms with Crippen molar-refractivity contribution in [2.45, 2.75) is 23.3 Å². The fourth-order valence-electron chi connectivity index (χ4n) is 2.02. The van der Waals surface area contributed by atoms with Crippen molar-refractivity contribution in [1.82, 2.24) is 4.72 Å². The molecule has 0 spiro atoms. The molecular formula is C13H12FNO2S2. The van der Waals surface area contributed by atoms with Crippen LogP contribution in [-0.2, 0) is 10.0 Å². The van der Waals surface area contributed by atoms with Gasteiger partial charge in [-0.3, -0.25) is 0 Å². The molecule has 1 saturated carbocycles. The predicted molar refractivity (Wildman–Crippen MR) is 72.2 cm³/mol. The van der Waals surface area contributed by atoms with E-state index in [4.69, 9.17) is 0 Å². The van der Waals surface area contributed by atoms with E-state index in [1.807, 2.05) is 17.5 Å². The van der Waals surface area contributed by atoms with Gasteiger partial charge in [0.25, 0.3) is 0 Å².